The molecule has 0 bridgehead atoms. The summed E-state index contributed by atoms with van der Waals surface area (Å²) in [5, 5.41) is 0. The first-order valence-electron chi connectivity index (χ1n) is 4.83. The predicted molar refractivity (Wildman–Crippen MR) is 49.9 cm³/mol. The Morgan fingerprint density at radius 2 is 2.08 bits per heavy atom. The molecule has 0 aliphatic heterocycles. The Hall–Kier alpha value is -0.790. The molecule has 0 saturated heterocycles. The highest BCUT2D eigenvalue weighted by Crippen LogP contribution is 1.97. The molecule has 1 aromatic rings. The van der Waals surface area contributed by atoms with Gasteiger partial charge in [-0.2, -0.15) is 0 Å². The van der Waals surface area contributed by atoms with Crippen molar-refractivity contribution in [1.29, 1.82) is 0 Å². The molecule has 2 heteroatoms. The normalized spacial score (nSPS) is 10.6. The number of nitrogens with zero attached hydrogens (tertiary/aromatic N) is 2. The summed E-state index contributed by atoms with van der Waals surface area (Å²) in [6.07, 6.45) is 7.94. The zero-order valence-electron chi connectivity index (χ0n) is 8.38. The van der Waals surface area contributed by atoms with Crippen molar-refractivity contribution < 1.29 is 4.57 Å². The maximum atomic E-state index is 2.35. The second kappa shape index (κ2) is 4.29. The average molecular weight is 167 g/mol. The minimum absolute atomic E-state index is 1.15. The minimum Gasteiger partial charge on any atom is -0.237 e. The highest BCUT2D eigenvalue weighted by atomic mass is 15.1. The summed E-state index contributed by atoms with van der Waals surface area (Å²) in [4.78, 5) is 0. The molecule has 0 aromatic carbocycles. The second-order valence-corrected chi connectivity index (χ2v) is 3.27. The van der Waals surface area contributed by atoms with Crippen LogP contribution < -0.4 is 4.57 Å². The van der Waals surface area contributed by atoms with Gasteiger partial charge < -0.3 is 0 Å². The van der Waals surface area contributed by atoms with Crippen LogP contribution in [0.4, 0.5) is 0 Å². The molecule has 0 fully saturated rings. The Labute approximate surface area is 74.8 Å². The highest BCUT2D eigenvalue weighted by Gasteiger charge is 2.11. The van der Waals surface area contributed by atoms with Gasteiger partial charge in [-0.3, -0.25) is 0 Å². The number of imidazole rings is 1. The summed E-state index contributed by atoms with van der Waals surface area (Å²) in [6, 6.07) is 0. The lowest BCUT2D eigenvalue weighted by atomic mass is 10.3. The molecule has 1 rings (SSSR count). The molecule has 0 atom stereocenters. The Morgan fingerprint density at radius 1 is 1.33 bits per heavy atom. The number of rotatable bonds is 4. The average Bonchev–Trinajstić information content (AvgIpc) is 2.37. The van der Waals surface area contributed by atoms with Crippen molar-refractivity contribution in [3.05, 3.63) is 18.2 Å². The summed E-state index contributed by atoms with van der Waals surface area (Å²) in [5.74, 6) is 1.44. The van der Waals surface area contributed by atoms with Crippen LogP contribution in [0.25, 0.3) is 0 Å². The molecule has 0 spiro atoms. The Kier molecular flexibility index (Phi) is 3.32. The van der Waals surface area contributed by atoms with E-state index < -0.39 is 0 Å². The van der Waals surface area contributed by atoms with Gasteiger partial charge in [0.15, 0.2) is 0 Å². The van der Waals surface area contributed by atoms with Crippen LogP contribution in [0.3, 0.4) is 0 Å². The van der Waals surface area contributed by atoms with Gasteiger partial charge in [0, 0.05) is 6.42 Å². The molecular formula is C10H19N2+. The van der Waals surface area contributed by atoms with Crippen molar-refractivity contribution in [3.8, 4) is 0 Å². The quantitative estimate of drug-likeness (QED) is 0.603. The molecule has 68 valence electrons. The van der Waals surface area contributed by atoms with Gasteiger partial charge in [-0.25, -0.2) is 9.13 Å². The van der Waals surface area contributed by atoms with Gasteiger partial charge in [-0.15, -0.1) is 0 Å². The molecule has 0 N–H and O–H groups in total. The number of hydrogen-bond donors (Lipinski definition) is 0. The standard InChI is InChI=1S/C10H19N2/c1-4-6-10-11(3)8-9-12(10)7-5-2/h8-9H,4-7H2,1-3H3/q+1. The molecule has 0 unspecified atom stereocenters. The third kappa shape index (κ3) is 1.87. The number of hydrogen-bond acceptors (Lipinski definition) is 0. The Balaban J connectivity index is 2.80. The maximum Gasteiger partial charge on any atom is 0.256 e. The first-order valence-corrected chi connectivity index (χ1v) is 4.83. The first-order chi connectivity index (χ1) is 5.79. The van der Waals surface area contributed by atoms with Crippen molar-refractivity contribution in [2.75, 3.05) is 0 Å². The summed E-state index contributed by atoms with van der Waals surface area (Å²) < 4.78 is 4.57. The van der Waals surface area contributed by atoms with E-state index in [9.17, 15) is 0 Å². The van der Waals surface area contributed by atoms with Gasteiger partial charge >= 0.3 is 0 Å². The van der Waals surface area contributed by atoms with Crippen LogP contribution in [0.2, 0.25) is 0 Å². The van der Waals surface area contributed by atoms with Crippen molar-refractivity contribution in [3.63, 3.8) is 0 Å². The van der Waals surface area contributed by atoms with E-state index in [1.807, 2.05) is 0 Å². The molecule has 12 heavy (non-hydrogen) atoms. The fourth-order valence-corrected chi connectivity index (χ4v) is 1.54. The largest absolute Gasteiger partial charge is 0.256 e. The molecule has 0 aliphatic rings. The van der Waals surface area contributed by atoms with Gasteiger partial charge in [0.25, 0.3) is 5.82 Å². The zero-order chi connectivity index (χ0) is 8.97. The van der Waals surface area contributed by atoms with E-state index in [0.717, 1.165) is 6.54 Å². The van der Waals surface area contributed by atoms with Crippen molar-refractivity contribution in [1.82, 2.24) is 4.57 Å². The van der Waals surface area contributed by atoms with Crippen LogP contribution in [-0.4, -0.2) is 4.57 Å². The lowest BCUT2D eigenvalue weighted by Crippen LogP contribution is -2.36. The monoisotopic (exact) mass is 167 g/mol. The molecular weight excluding hydrogens is 148 g/mol. The van der Waals surface area contributed by atoms with Crippen LogP contribution >= 0.6 is 0 Å². The van der Waals surface area contributed by atoms with E-state index in [0.29, 0.717) is 0 Å². The highest BCUT2D eigenvalue weighted by molar-refractivity contribution is 4.81. The summed E-state index contributed by atoms with van der Waals surface area (Å²) in [6.45, 7) is 5.59. The van der Waals surface area contributed by atoms with Crippen LogP contribution in [0.15, 0.2) is 12.4 Å². The Bertz CT molecular complexity index is 238. The van der Waals surface area contributed by atoms with Crippen molar-refractivity contribution in [2.24, 2.45) is 7.05 Å². The molecule has 0 saturated carbocycles. The van der Waals surface area contributed by atoms with Crippen molar-refractivity contribution in [2.45, 2.75) is 39.7 Å². The van der Waals surface area contributed by atoms with E-state index >= 15 is 0 Å². The van der Waals surface area contributed by atoms with Crippen LogP contribution in [0.5, 0.6) is 0 Å². The van der Waals surface area contributed by atoms with E-state index in [1.54, 1.807) is 0 Å². The van der Waals surface area contributed by atoms with E-state index in [-0.39, 0.29) is 0 Å². The molecule has 0 aliphatic carbocycles. The number of aryl methyl sites for hydroxylation is 2. The van der Waals surface area contributed by atoms with E-state index in [4.69, 9.17) is 0 Å². The summed E-state index contributed by atoms with van der Waals surface area (Å²) in [7, 11) is 2.12. The van der Waals surface area contributed by atoms with Crippen LogP contribution in [0.1, 0.15) is 32.5 Å². The molecule has 1 heterocycles. The van der Waals surface area contributed by atoms with Gasteiger partial charge in [0.05, 0.1) is 13.6 Å². The van der Waals surface area contributed by atoms with E-state index in [1.165, 1.54) is 25.1 Å². The summed E-state index contributed by atoms with van der Waals surface area (Å²) in [5.41, 5.74) is 0. The lowest BCUT2D eigenvalue weighted by molar-refractivity contribution is -0.703. The third-order valence-corrected chi connectivity index (χ3v) is 2.15. The van der Waals surface area contributed by atoms with E-state index in [2.05, 4.69) is 42.4 Å². The molecule has 1 aromatic heterocycles. The minimum atomic E-state index is 1.15. The zero-order valence-corrected chi connectivity index (χ0v) is 8.38. The topological polar surface area (TPSA) is 8.81 Å². The van der Waals surface area contributed by atoms with Crippen molar-refractivity contribution >= 4 is 0 Å². The van der Waals surface area contributed by atoms with Gasteiger partial charge in [0.1, 0.15) is 12.4 Å². The SMILES string of the molecule is CCCc1n(C)cc[n+]1CCC. The lowest BCUT2D eigenvalue weighted by Gasteiger charge is -1.98. The third-order valence-electron chi connectivity index (χ3n) is 2.15. The molecule has 0 radical (unpaired) electrons. The van der Waals surface area contributed by atoms with Gasteiger partial charge in [-0.05, 0) is 12.8 Å². The molecule has 2 nitrogen and oxygen atoms in total. The fourth-order valence-electron chi connectivity index (χ4n) is 1.54. The van der Waals surface area contributed by atoms with Crippen LogP contribution in [-0.2, 0) is 20.0 Å². The van der Waals surface area contributed by atoms with Gasteiger partial charge in [-0.1, -0.05) is 13.8 Å². The molecule has 0 amide bonds. The van der Waals surface area contributed by atoms with Gasteiger partial charge in [0.2, 0.25) is 0 Å². The summed E-state index contributed by atoms with van der Waals surface area (Å²) >= 11 is 0. The smallest absolute Gasteiger partial charge is 0.237 e. The first kappa shape index (κ1) is 9.30. The predicted octanol–water partition coefficient (Wildman–Crippen LogP) is 1.68. The second-order valence-electron chi connectivity index (χ2n) is 3.27. The fraction of sp³-hybridized carbons (Fsp3) is 0.700. The number of aromatic nitrogens is 2. The Morgan fingerprint density at radius 3 is 2.67 bits per heavy atom. The maximum absolute atomic E-state index is 2.35. The van der Waals surface area contributed by atoms with Crippen LogP contribution in [0, 0.1) is 0 Å².